The Morgan fingerprint density at radius 1 is 1.47 bits per heavy atom. The number of fused-ring (bicyclic) bond motifs is 1. The Hall–Kier alpha value is -1.43. The van der Waals surface area contributed by atoms with E-state index in [1.54, 1.807) is 4.68 Å². The van der Waals surface area contributed by atoms with Crippen LogP contribution in [-0.4, -0.2) is 38.9 Å². The van der Waals surface area contributed by atoms with Crippen LogP contribution >= 0.6 is 0 Å². The lowest BCUT2D eigenvalue weighted by Gasteiger charge is -2.17. The molecule has 0 amide bonds. The second-order valence-corrected chi connectivity index (χ2v) is 4.77. The second-order valence-electron chi connectivity index (χ2n) is 4.77. The molecule has 0 radical (unpaired) electrons. The predicted molar refractivity (Wildman–Crippen MR) is 59.9 cm³/mol. The molecule has 6 nitrogen and oxygen atoms in total. The van der Waals surface area contributed by atoms with Crippen molar-refractivity contribution in [2.45, 2.75) is 37.6 Å². The van der Waals surface area contributed by atoms with Gasteiger partial charge in [-0.05, 0) is 25.8 Å². The highest BCUT2D eigenvalue weighted by molar-refractivity contribution is 5.75. The third-order valence-electron chi connectivity index (χ3n) is 3.61. The van der Waals surface area contributed by atoms with Crippen LogP contribution in [0.3, 0.4) is 0 Å². The first-order valence-corrected chi connectivity index (χ1v) is 6.14. The molecular formula is C11H16N4O2. The molecule has 2 unspecified atom stereocenters. The number of carbonyl (C=O) groups is 1. The van der Waals surface area contributed by atoms with E-state index in [-0.39, 0.29) is 0 Å². The number of rotatable bonds is 2. The van der Waals surface area contributed by atoms with Crippen LogP contribution in [0.25, 0.3) is 0 Å². The number of hydrogen-bond acceptors (Lipinski definition) is 4. The minimum atomic E-state index is -0.783. The van der Waals surface area contributed by atoms with Gasteiger partial charge in [-0.3, -0.25) is 4.79 Å². The van der Waals surface area contributed by atoms with Crippen molar-refractivity contribution in [2.75, 3.05) is 13.1 Å². The normalized spacial score (nSPS) is 28.0. The highest BCUT2D eigenvalue weighted by Gasteiger charge is 2.31. The molecule has 0 bridgehead atoms. The van der Waals surface area contributed by atoms with Gasteiger partial charge in [0.15, 0.2) is 5.82 Å². The first-order valence-electron chi connectivity index (χ1n) is 6.14. The zero-order valence-electron chi connectivity index (χ0n) is 9.59. The van der Waals surface area contributed by atoms with Crippen LogP contribution in [0.5, 0.6) is 0 Å². The summed E-state index contributed by atoms with van der Waals surface area (Å²) >= 11 is 0. The van der Waals surface area contributed by atoms with Crippen LogP contribution in [0.15, 0.2) is 0 Å². The highest BCUT2D eigenvalue weighted by atomic mass is 16.4. The molecule has 2 aliphatic rings. The van der Waals surface area contributed by atoms with E-state index in [0.29, 0.717) is 18.2 Å². The number of hydrogen-bond donors (Lipinski definition) is 2. The van der Waals surface area contributed by atoms with E-state index >= 15 is 0 Å². The van der Waals surface area contributed by atoms with Gasteiger partial charge in [0.05, 0.1) is 0 Å². The van der Waals surface area contributed by atoms with Crippen LogP contribution < -0.4 is 5.32 Å². The smallest absolute Gasteiger partial charge is 0.314 e. The number of carboxylic acid groups (broad SMARTS) is 1. The molecule has 2 atom stereocenters. The Bertz CT molecular complexity index is 437. The molecule has 0 aromatic carbocycles. The summed E-state index contributed by atoms with van der Waals surface area (Å²) < 4.78 is 1.79. The van der Waals surface area contributed by atoms with Gasteiger partial charge < -0.3 is 10.4 Å². The van der Waals surface area contributed by atoms with E-state index in [4.69, 9.17) is 5.11 Å². The zero-order valence-corrected chi connectivity index (χ0v) is 9.59. The monoisotopic (exact) mass is 236 g/mol. The first kappa shape index (κ1) is 10.7. The zero-order chi connectivity index (χ0) is 11.8. The maximum absolute atomic E-state index is 11.2. The van der Waals surface area contributed by atoms with E-state index in [1.165, 1.54) is 0 Å². The molecule has 2 N–H and O–H groups in total. The summed E-state index contributed by atoms with van der Waals surface area (Å²) in [6.45, 7) is 2.70. The van der Waals surface area contributed by atoms with Gasteiger partial charge >= 0.3 is 5.97 Å². The molecule has 3 rings (SSSR count). The fourth-order valence-corrected chi connectivity index (χ4v) is 2.65. The Kier molecular flexibility index (Phi) is 2.58. The summed E-state index contributed by atoms with van der Waals surface area (Å²) in [6, 6.07) is 0. The van der Waals surface area contributed by atoms with Crippen LogP contribution in [0, 0.1) is 0 Å². The van der Waals surface area contributed by atoms with Crippen molar-refractivity contribution in [1.29, 1.82) is 0 Å². The van der Waals surface area contributed by atoms with Crippen molar-refractivity contribution in [3.63, 3.8) is 0 Å². The van der Waals surface area contributed by atoms with Gasteiger partial charge in [0.2, 0.25) is 0 Å². The number of aryl methyl sites for hydroxylation is 1. The fraction of sp³-hybridized carbons (Fsp3) is 0.727. The molecule has 92 valence electrons. The molecule has 0 spiro atoms. The van der Waals surface area contributed by atoms with Gasteiger partial charge in [0.1, 0.15) is 11.7 Å². The summed E-state index contributed by atoms with van der Waals surface area (Å²) in [5.41, 5.74) is 0. The standard InChI is InChI=1S/C11H16N4O2/c16-11(17)8-2-1-5-15-10(8)13-9(14-15)7-3-4-12-6-7/h7-8,12H,1-6H2,(H,16,17). The molecule has 2 aliphatic heterocycles. The molecule has 3 heterocycles. The number of nitrogens with zero attached hydrogens (tertiary/aromatic N) is 3. The van der Waals surface area contributed by atoms with Gasteiger partial charge in [-0.1, -0.05) is 0 Å². The maximum atomic E-state index is 11.2. The van der Waals surface area contributed by atoms with Crippen molar-refractivity contribution in [2.24, 2.45) is 0 Å². The van der Waals surface area contributed by atoms with E-state index in [0.717, 1.165) is 38.3 Å². The molecule has 1 aromatic heterocycles. The van der Waals surface area contributed by atoms with Gasteiger partial charge in [0, 0.05) is 19.0 Å². The van der Waals surface area contributed by atoms with Crippen molar-refractivity contribution >= 4 is 5.97 Å². The minimum absolute atomic E-state index is 0.350. The average molecular weight is 236 g/mol. The number of carboxylic acids is 1. The second kappa shape index (κ2) is 4.10. The number of aliphatic carboxylic acids is 1. The van der Waals surface area contributed by atoms with Crippen LogP contribution in [-0.2, 0) is 11.3 Å². The van der Waals surface area contributed by atoms with Crippen molar-refractivity contribution in [3.05, 3.63) is 11.6 Å². The largest absolute Gasteiger partial charge is 0.481 e. The molecule has 17 heavy (non-hydrogen) atoms. The summed E-state index contributed by atoms with van der Waals surface area (Å²) in [4.78, 5) is 15.6. The Morgan fingerprint density at radius 3 is 3.06 bits per heavy atom. The SMILES string of the molecule is O=C(O)C1CCCn2nc(C3CCNC3)nc21. The Labute approximate surface area is 99.0 Å². The Morgan fingerprint density at radius 2 is 2.35 bits per heavy atom. The predicted octanol–water partition coefficient (Wildman–Crippen LogP) is 0.317. The van der Waals surface area contributed by atoms with E-state index in [2.05, 4.69) is 15.4 Å². The molecule has 0 saturated carbocycles. The lowest BCUT2D eigenvalue weighted by Crippen LogP contribution is -2.22. The molecular weight excluding hydrogens is 220 g/mol. The van der Waals surface area contributed by atoms with Crippen molar-refractivity contribution in [3.8, 4) is 0 Å². The first-order chi connectivity index (χ1) is 8.25. The third kappa shape index (κ3) is 1.82. The van der Waals surface area contributed by atoms with Gasteiger partial charge in [-0.25, -0.2) is 9.67 Å². The van der Waals surface area contributed by atoms with Crippen molar-refractivity contribution in [1.82, 2.24) is 20.1 Å². The molecule has 1 aromatic rings. The summed E-state index contributed by atoms with van der Waals surface area (Å²) in [5.74, 6) is 0.556. The van der Waals surface area contributed by atoms with Gasteiger partial charge in [-0.15, -0.1) is 0 Å². The van der Waals surface area contributed by atoms with Crippen molar-refractivity contribution < 1.29 is 9.90 Å². The number of aromatic nitrogens is 3. The lowest BCUT2D eigenvalue weighted by molar-refractivity contribution is -0.139. The topological polar surface area (TPSA) is 80.0 Å². The van der Waals surface area contributed by atoms with Gasteiger partial charge in [0.25, 0.3) is 0 Å². The van der Waals surface area contributed by atoms with Crippen LogP contribution in [0.4, 0.5) is 0 Å². The molecule has 0 aliphatic carbocycles. The average Bonchev–Trinajstić information content (AvgIpc) is 2.96. The van der Waals surface area contributed by atoms with Gasteiger partial charge in [-0.2, -0.15) is 5.10 Å². The summed E-state index contributed by atoms with van der Waals surface area (Å²) in [6.07, 6.45) is 2.59. The summed E-state index contributed by atoms with van der Waals surface area (Å²) in [5, 5.41) is 16.9. The summed E-state index contributed by atoms with van der Waals surface area (Å²) in [7, 11) is 0. The Balaban J connectivity index is 1.92. The van der Waals surface area contributed by atoms with E-state index in [9.17, 15) is 4.79 Å². The van der Waals surface area contributed by atoms with E-state index < -0.39 is 11.9 Å². The fourth-order valence-electron chi connectivity index (χ4n) is 2.65. The van der Waals surface area contributed by atoms with Crippen LogP contribution in [0.1, 0.15) is 42.7 Å². The molecule has 1 saturated heterocycles. The lowest BCUT2D eigenvalue weighted by atomic mass is 9.99. The molecule has 1 fully saturated rings. The van der Waals surface area contributed by atoms with E-state index in [1.807, 2.05) is 0 Å². The number of nitrogens with one attached hydrogen (secondary N) is 1. The minimum Gasteiger partial charge on any atom is -0.481 e. The quantitative estimate of drug-likeness (QED) is 0.773. The third-order valence-corrected chi connectivity index (χ3v) is 3.61. The van der Waals surface area contributed by atoms with Crippen LogP contribution in [0.2, 0.25) is 0 Å². The maximum Gasteiger partial charge on any atom is 0.314 e. The molecule has 6 heteroatoms. The highest BCUT2D eigenvalue weighted by Crippen LogP contribution is 2.28.